The molecule has 1 aliphatic carbocycles. The minimum absolute atomic E-state index is 0. The molecule has 1 aliphatic heterocycles. The molecule has 1 unspecified atom stereocenters. The van der Waals surface area contributed by atoms with Gasteiger partial charge in [0.15, 0.2) is 0 Å². The van der Waals surface area contributed by atoms with Gasteiger partial charge in [0.2, 0.25) is 0 Å². The molecule has 0 amide bonds. The summed E-state index contributed by atoms with van der Waals surface area (Å²) in [6.45, 7) is 4.71. The van der Waals surface area contributed by atoms with Crippen LogP contribution in [0.5, 0.6) is 5.75 Å². The first kappa shape index (κ1) is 29.9. The second-order valence-electron chi connectivity index (χ2n) is 9.43. The third-order valence-electron chi connectivity index (χ3n) is 6.97. The maximum Gasteiger partial charge on any atom is 0.148 e. The number of likely N-dealkylation sites (N-methyl/N-ethyl adjacent to an activating group) is 1. The Morgan fingerprint density at radius 2 is 1.53 bits per heavy atom. The van der Waals surface area contributed by atoms with E-state index in [0.717, 1.165) is 78.5 Å². The van der Waals surface area contributed by atoms with Crippen molar-refractivity contribution in [3.8, 4) is 5.75 Å². The van der Waals surface area contributed by atoms with Crippen LogP contribution in [-0.2, 0) is 6.61 Å². The monoisotopic (exact) mass is 636 g/mol. The van der Waals surface area contributed by atoms with E-state index in [1.807, 2.05) is 18.2 Å². The number of hydrogen-bond acceptors (Lipinski definition) is 4. The molecular formula is C26H36Br2Cl2N2O2. The summed E-state index contributed by atoms with van der Waals surface area (Å²) in [6, 6.07) is 14.8. The van der Waals surface area contributed by atoms with Gasteiger partial charge in [-0.3, -0.25) is 4.90 Å². The first-order chi connectivity index (χ1) is 15.4. The van der Waals surface area contributed by atoms with Crippen molar-refractivity contribution < 1.29 is 9.84 Å². The highest BCUT2D eigenvalue weighted by molar-refractivity contribution is 9.11. The number of aliphatic hydroxyl groups is 1. The number of ether oxygens (including phenoxy) is 1. The zero-order valence-corrected chi connectivity index (χ0v) is 24.5. The molecule has 0 bridgehead atoms. The standard InChI is InChI=1S/C26H34Br2N2O2.2ClH/c1-29-12-14-30(15-13-29)24(18-26(31)10-6-3-7-11-26)21-16-22(27)25(23(28)17-21)32-19-20-8-4-2-5-9-20;;/h2,4-5,8-9,16-17,24,31H,3,6-7,10-15,18-19H2,1H3;2*1H. The molecule has 0 spiro atoms. The van der Waals surface area contributed by atoms with Gasteiger partial charge >= 0.3 is 0 Å². The quantitative estimate of drug-likeness (QED) is 0.354. The fraction of sp³-hybridized carbons (Fsp3) is 0.538. The largest absolute Gasteiger partial charge is 0.487 e. The molecule has 2 aromatic carbocycles. The Bertz CT molecular complexity index is 867. The molecule has 1 heterocycles. The lowest BCUT2D eigenvalue weighted by Gasteiger charge is -2.43. The third kappa shape index (κ3) is 7.83. The van der Waals surface area contributed by atoms with E-state index in [2.05, 4.69) is 73.0 Å². The van der Waals surface area contributed by atoms with Crippen LogP contribution in [0.3, 0.4) is 0 Å². The molecule has 2 aliphatic rings. The Morgan fingerprint density at radius 3 is 2.12 bits per heavy atom. The zero-order chi connectivity index (χ0) is 22.6. The lowest BCUT2D eigenvalue weighted by molar-refractivity contribution is -0.0333. The van der Waals surface area contributed by atoms with E-state index in [1.54, 1.807) is 0 Å². The molecule has 190 valence electrons. The molecule has 34 heavy (non-hydrogen) atoms. The third-order valence-corrected chi connectivity index (χ3v) is 8.15. The minimum Gasteiger partial charge on any atom is -0.487 e. The van der Waals surface area contributed by atoms with Gasteiger partial charge in [-0.05, 0) is 81.4 Å². The predicted octanol–water partition coefficient (Wildman–Crippen LogP) is 7.01. The summed E-state index contributed by atoms with van der Waals surface area (Å²) in [5, 5.41) is 11.4. The molecule has 0 radical (unpaired) electrons. The Morgan fingerprint density at radius 1 is 0.941 bits per heavy atom. The van der Waals surface area contributed by atoms with Gasteiger partial charge in [0.1, 0.15) is 12.4 Å². The van der Waals surface area contributed by atoms with E-state index in [0.29, 0.717) is 6.61 Å². The molecule has 1 N–H and O–H groups in total. The minimum atomic E-state index is -0.562. The summed E-state index contributed by atoms with van der Waals surface area (Å²) in [6.07, 6.45) is 6.12. The SMILES string of the molecule is CN1CCN(C(CC2(O)CCCCC2)c2cc(Br)c(OCc3ccccc3)c(Br)c2)CC1.Cl.Cl. The Hall–Kier alpha value is -0.340. The Balaban J connectivity index is 0.00000204. The molecule has 0 aromatic heterocycles. The van der Waals surface area contributed by atoms with Crippen LogP contribution in [0, 0.1) is 0 Å². The second kappa shape index (κ2) is 13.8. The smallest absolute Gasteiger partial charge is 0.148 e. The van der Waals surface area contributed by atoms with E-state index in [-0.39, 0.29) is 30.9 Å². The topological polar surface area (TPSA) is 35.9 Å². The molecule has 1 saturated heterocycles. The Kier molecular flexibility index (Phi) is 12.2. The average molecular weight is 639 g/mol. The summed E-state index contributed by atoms with van der Waals surface area (Å²) in [4.78, 5) is 4.94. The van der Waals surface area contributed by atoms with Crippen molar-refractivity contribution in [3.05, 3.63) is 62.5 Å². The molecule has 2 fully saturated rings. The van der Waals surface area contributed by atoms with Crippen molar-refractivity contribution >= 4 is 56.7 Å². The van der Waals surface area contributed by atoms with E-state index in [9.17, 15) is 5.11 Å². The first-order valence-electron chi connectivity index (χ1n) is 11.7. The Labute approximate surface area is 233 Å². The maximum absolute atomic E-state index is 11.4. The maximum atomic E-state index is 11.4. The fourth-order valence-corrected chi connectivity index (χ4v) is 6.46. The molecule has 4 rings (SSSR count). The molecule has 1 saturated carbocycles. The van der Waals surface area contributed by atoms with Gasteiger partial charge in [-0.25, -0.2) is 0 Å². The molecular weight excluding hydrogens is 603 g/mol. The van der Waals surface area contributed by atoms with Gasteiger partial charge in [-0.1, -0.05) is 49.6 Å². The summed E-state index contributed by atoms with van der Waals surface area (Å²) in [5.74, 6) is 0.825. The van der Waals surface area contributed by atoms with Crippen molar-refractivity contribution in [1.82, 2.24) is 9.80 Å². The van der Waals surface area contributed by atoms with Crippen LogP contribution in [0.4, 0.5) is 0 Å². The van der Waals surface area contributed by atoms with Gasteiger partial charge in [0, 0.05) is 32.2 Å². The number of hydrogen-bond donors (Lipinski definition) is 1. The van der Waals surface area contributed by atoms with E-state index >= 15 is 0 Å². The number of benzene rings is 2. The van der Waals surface area contributed by atoms with E-state index in [1.165, 1.54) is 12.0 Å². The fourth-order valence-electron chi connectivity index (χ4n) is 5.00. The van der Waals surface area contributed by atoms with Crippen LogP contribution in [0.2, 0.25) is 0 Å². The van der Waals surface area contributed by atoms with Crippen molar-refractivity contribution in [3.63, 3.8) is 0 Å². The molecule has 4 nitrogen and oxygen atoms in total. The zero-order valence-electron chi connectivity index (χ0n) is 19.7. The van der Waals surface area contributed by atoms with Crippen molar-refractivity contribution in [2.75, 3.05) is 33.2 Å². The molecule has 8 heteroatoms. The number of nitrogens with zero attached hydrogens (tertiary/aromatic N) is 2. The lowest BCUT2D eigenvalue weighted by atomic mass is 9.79. The summed E-state index contributed by atoms with van der Waals surface area (Å²) in [7, 11) is 2.19. The van der Waals surface area contributed by atoms with Gasteiger partial charge in [-0.15, -0.1) is 24.8 Å². The second-order valence-corrected chi connectivity index (χ2v) is 11.1. The summed E-state index contributed by atoms with van der Waals surface area (Å²) in [5.41, 5.74) is 1.82. The van der Waals surface area contributed by atoms with E-state index in [4.69, 9.17) is 4.74 Å². The first-order valence-corrected chi connectivity index (χ1v) is 13.3. The van der Waals surface area contributed by atoms with Crippen LogP contribution in [0.25, 0.3) is 0 Å². The van der Waals surface area contributed by atoms with E-state index < -0.39 is 5.60 Å². The highest BCUT2D eigenvalue weighted by atomic mass is 79.9. The number of piperazine rings is 1. The predicted molar refractivity (Wildman–Crippen MR) is 152 cm³/mol. The van der Waals surface area contributed by atoms with Crippen LogP contribution in [0.1, 0.15) is 55.7 Å². The van der Waals surface area contributed by atoms with Crippen LogP contribution in [0.15, 0.2) is 51.4 Å². The average Bonchev–Trinajstić information content (AvgIpc) is 2.79. The van der Waals surface area contributed by atoms with Crippen LogP contribution in [-0.4, -0.2) is 53.7 Å². The van der Waals surface area contributed by atoms with Crippen molar-refractivity contribution in [2.45, 2.75) is 56.8 Å². The number of halogens is 4. The number of rotatable bonds is 7. The lowest BCUT2D eigenvalue weighted by Crippen LogP contribution is -2.48. The molecule has 2 aromatic rings. The summed E-state index contributed by atoms with van der Waals surface area (Å²) >= 11 is 7.54. The summed E-state index contributed by atoms with van der Waals surface area (Å²) < 4.78 is 8.06. The van der Waals surface area contributed by atoms with Crippen molar-refractivity contribution in [1.29, 1.82) is 0 Å². The van der Waals surface area contributed by atoms with Gasteiger partial charge in [0.25, 0.3) is 0 Å². The van der Waals surface area contributed by atoms with Gasteiger partial charge in [-0.2, -0.15) is 0 Å². The van der Waals surface area contributed by atoms with Gasteiger partial charge in [0.05, 0.1) is 14.5 Å². The highest BCUT2D eigenvalue weighted by Gasteiger charge is 2.36. The van der Waals surface area contributed by atoms with Crippen LogP contribution >= 0.6 is 56.7 Å². The molecule has 1 atom stereocenters. The highest BCUT2D eigenvalue weighted by Crippen LogP contribution is 2.42. The van der Waals surface area contributed by atoms with Crippen LogP contribution < -0.4 is 4.74 Å². The van der Waals surface area contributed by atoms with Crippen molar-refractivity contribution in [2.24, 2.45) is 0 Å². The normalized spacial score (nSPS) is 19.5. The van der Waals surface area contributed by atoms with Gasteiger partial charge < -0.3 is 14.7 Å².